The Hall–Kier alpha value is -0.940. The molecule has 2 heterocycles. The maximum absolute atomic E-state index is 10.6. The summed E-state index contributed by atoms with van der Waals surface area (Å²) in [5.41, 5.74) is 1.06. The summed E-state index contributed by atoms with van der Waals surface area (Å²) in [6.07, 6.45) is 1.86. The summed E-state index contributed by atoms with van der Waals surface area (Å²) in [5, 5.41) is 10.6. The van der Waals surface area contributed by atoms with Crippen molar-refractivity contribution in [2.24, 2.45) is 5.92 Å². The molecule has 2 aliphatic rings. The Morgan fingerprint density at radius 3 is 2.39 bits per heavy atom. The standard InChI is InChI=1S/C19H30N2O2/c1-16(15-20-11-13-23-14-12-20)21-9-7-18(8-10-21)19(22)17-5-3-2-4-6-17/h2-6,16,18-19,22H,7-15H2,1H3/t16-,19+/m1/s1. The maximum Gasteiger partial charge on any atom is 0.0819 e. The highest BCUT2D eigenvalue weighted by Crippen LogP contribution is 2.31. The Labute approximate surface area is 140 Å². The lowest BCUT2D eigenvalue weighted by Gasteiger charge is -2.40. The van der Waals surface area contributed by atoms with Gasteiger partial charge in [0.15, 0.2) is 0 Å². The molecule has 2 fully saturated rings. The van der Waals surface area contributed by atoms with Gasteiger partial charge in [-0.3, -0.25) is 9.80 Å². The average Bonchev–Trinajstić information content (AvgIpc) is 2.63. The van der Waals surface area contributed by atoms with Gasteiger partial charge in [-0.1, -0.05) is 30.3 Å². The molecule has 23 heavy (non-hydrogen) atoms. The van der Waals surface area contributed by atoms with Crippen molar-refractivity contribution in [3.05, 3.63) is 35.9 Å². The number of nitrogens with zero attached hydrogens (tertiary/aromatic N) is 2. The fraction of sp³-hybridized carbons (Fsp3) is 0.684. The summed E-state index contributed by atoms with van der Waals surface area (Å²) in [6, 6.07) is 10.7. The molecule has 3 rings (SSSR count). The van der Waals surface area contributed by atoms with Gasteiger partial charge in [0.1, 0.15) is 0 Å². The number of hydrogen-bond donors (Lipinski definition) is 1. The maximum atomic E-state index is 10.6. The number of hydrogen-bond acceptors (Lipinski definition) is 4. The van der Waals surface area contributed by atoms with Crippen LogP contribution in [0, 0.1) is 5.92 Å². The third-order valence-corrected chi connectivity index (χ3v) is 5.41. The molecule has 1 aromatic rings. The predicted molar refractivity (Wildman–Crippen MR) is 92.4 cm³/mol. The van der Waals surface area contributed by atoms with Gasteiger partial charge < -0.3 is 9.84 Å². The highest BCUT2D eigenvalue weighted by atomic mass is 16.5. The lowest BCUT2D eigenvalue weighted by atomic mass is 9.87. The molecule has 2 saturated heterocycles. The van der Waals surface area contributed by atoms with Crippen molar-refractivity contribution < 1.29 is 9.84 Å². The highest BCUT2D eigenvalue weighted by molar-refractivity contribution is 5.18. The van der Waals surface area contributed by atoms with E-state index in [0.29, 0.717) is 12.0 Å². The summed E-state index contributed by atoms with van der Waals surface area (Å²) in [6.45, 7) is 9.54. The number of piperidine rings is 1. The molecular weight excluding hydrogens is 288 g/mol. The number of likely N-dealkylation sites (tertiary alicyclic amines) is 1. The Kier molecular flexibility index (Phi) is 6.06. The molecule has 0 bridgehead atoms. The van der Waals surface area contributed by atoms with Crippen LogP contribution in [0.1, 0.15) is 31.4 Å². The zero-order valence-electron chi connectivity index (χ0n) is 14.2. The van der Waals surface area contributed by atoms with Crippen LogP contribution in [0.2, 0.25) is 0 Å². The van der Waals surface area contributed by atoms with Crippen LogP contribution in [0.25, 0.3) is 0 Å². The van der Waals surface area contributed by atoms with Gasteiger partial charge in [0.25, 0.3) is 0 Å². The first-order valence-electron chi connectivity index (χ1n) is 9.01. The van der Waals surface area contributed by atoms with E-state index in [-0.39, 0.29) is 6.10 Å². The van der Waals surface area contributed by atoms with E-state index in [0.717, 1.165) is 64.3 Å². The molecular formula is C19H30N2O2. The smallest absolute Gasteiger partial charge is 0.0819 e. The number of aliphatic hydroxyl groups excluding tert-OH is 1. The number of rotatable bonds is 5. The quantitative estimate of drug-likeness (QED) is 0.902. The van der Waals surface area contributed by atoms with Gasteiger partial charge in [0.05, 0.1) is 19.3 Å². The van der Waals surface area contributed by atoms with Crippen LogP contribution >= 0.6 is 0 Å². The van der Waals surface area contributed by atoms with Crippen LogP contribution in [0.3, 0.4) is 0 Å². The van der Waals surface area contributed by atoms with Gasteiger partial charge in [-0.15, -0.1) is 0 Å². The number of aliphatic hydroxyl groups is 1. The highest BCUT2D eigenvalue weighted by Gasteiger charge is 2.28. The fourth-order valence-corrected chi connectivity index (χ4v) is 3.87. The molecule has 0 amide bonds. The number of benzene rings is 1. The molecule has 0 radical (unpaired) electrons. The van der Waals surface area contributed by atoms with Crippen LogP contribution in [0.5, 0.6) is 0 Å². The first-order chi connectivity index (χ1) is 11.2. The summed E-state index contributed by atoms with van der Waals surface area (Å²) in [7, 11) is 0. The fourth-order valence-electron chi connectivity index (χ4n) is 3.87. The number of morpholine rings is 1. The molecule has 2 aliphatic heterocycles. The summed E-state index contributed by atoms with van der Waals surface area (Å²) in [4.78, 5) is 5.10. The lowest BCUT2D eigenvalue weighted by Crippen LogP contribution is -2.48. The van der Waals surface area contributed by atoms with Crippen LogP contribution in [-0.2, 0) is 4.74 Å². The van der Waals surface area contributed by atoms with E-state index in [1.807, 2.05) is 30.3 Å². The molecule has 128 valence electrons. The second-order valence-electron chi connectivity index (χ2n) is 6.99. The molecule has 0 saturated carbocycles. The minimum Gasteiger partial charge on any atom is -0.388 e. The van der Waals surface area contributed by atoms with E-state index in [1.165, 1.54) is 0 Å². The summed E-state index contributed by atoms with van der Waals surface area (Å²) >= 11 is 0. The van der Waals surface area contributed by atoms with Crippen LogP contribution in [0.4, 0.5) is 0 Å². The van der Waals surface area contributed by atoms with Crippen molar-refractivity contribution in [2.45, 2.75) is 31.9 Å². The third kappa shape index (κ3) is 4.54. The van der Waals surface area contributed by atoms with E-state index >= 15 is 0 Å². The van der Waals surface area contributed by atoms with Crippen molar-refractivity contribution in [1.82, 2.24) is 9.80 Å². The van der Waals surface area contributed by atoms with E-state index in [4.69, 9.17) is 4.74 Å². The molecule has 0 aromatic heterocycles. The topological polar surface area (TPSA) is 35.9 Å². The SMILES string of the molecule is C[C@H](CN1CCOCC1)N1CCC([C@@H](O)c2ccccc2)CC1. The number of ether oxygens (including phenoxy) is 1. The molecule has 1 N–H and O–H groups in total. The molecule has 4 nitrogen and oxygen atoms in total. The normalized spacial score (nSPS) is 24.4. The first-order valence-corrected chi connectivity index (χ1v) is 9.01. The lowest BCUT2D eigenvalue weighted by molar-refractivity contribution is 0.0114. The van der Waals surface area contributed by atoms with Crippen molar-refractivity contribution >= 4 is 0 Å². The van der Waals surface area contributed by atoms with E-state index < -0.39 is 0 Å². The van der Waals surface area contributed by atoms with Crippen molar-refractivity contribution in [1.29, 1.82) is 0 Å². The minimum atomic E-state index is -0.312. The second-order valence-corrected chi connectivity index (χ2v) is 6.99. The molecule has 0 aliphatic carbocycles. The van der Waals surface area contributed by atoms with Crippen LogP contribution in [0.15, 0.2) is 30.3 Å². The van der Waals surface area contributed by atoms with Crippen LogP contribution in [-0.4, -0.2) is 66.9 Å². The molecule has 1 aromatic carbocycles. The Morgan fingerprint density at radius 1 is 1.09 bits per heavy atom. The summed E-state index contributed by atoms with van der Waals surface area (Å²) < 4.78 is 5.43. The van der Waals surface area contributed by atoms with E-state index in [2.05, 4.69) is 16.7 Å². The van der Waals surface area contributed by atoms with Gasteiger partial charge in [0, 0.05) is 25.7 Å². The average molecular weight is 318 g/mol. The minimum absolute atomic E-state index is 0.312. The van der Waals surface area contributed by atoms with Gasteiger partial charge in [-0.2, -0.15) is 0 Å². The van der Waals surface area contributed by atoms with E-state index in [1.54, 1.807) is 0 Å². The zero-order valence-corrected chi connectivity index (χ0v) is 14.2. The Morgan fingerprint density at radius 2 is 1.74 bits per heavy atom. The zero-order chi connectivity index (χ0) is 16.1. The van der Waals surface area contributed by atoms with Gasteiger partial charge >= 0.3 is 0 Å². The molecule has 0 spiro atoms. The van der Waals surface area contributed by atoms with Crippen molar-refractivity contribution in [3.8, 4) is 0 Å². The second kappa shape index (κ2) is 8.25. The molecule has 0 unspecified atom stereocenters. The Balaban J connectivity index is 1.46. The largest absolute Gasteiger partial charge is 0.388 e. The molecule has 2 atom stereocenters. The Bertz CT molecular complexity index is 454. The summed E-state index contributed by atoms with van der Waals surface area (Å²) in [5.74, 6) is 0.393. The van der Waals surface area contributed by atoms with Gasteiger partial charge in [0.2, 0.25) is 0 Å². The van der Waals surface area contributed by atoms with Crippen molar-refractivity contribution in [2.75, 3.05) is 45.9 Å². The first kappa shape index (κ1) is 16.9. The van der Waals surface area contributed by atoms with Crippen molar-refractivity contribution in [3.63, 3.8) is 0 Å². The monoisotopic (exact) mass is 318 g/mol. The van der Waals surface area contributed by atoms with Crippen LogP contribution < -0.4 is 0 Å². The predicted octanol–water partition coefficient (Wildman–Crippen LogP) is 2.15. The van der Waals surface area contributed by atoms with E-state index in [9.17, 15) is 5.11 Å². The van der Waals surface area contributed by atoms with Gasteiger partial charge in [-0.05, 0) is 44.3 Å². The molecule has 4 heteroatoms. The third-order valence-electron chi connectivity index (χ3n) is 5.41. The van der Waals surface area contributed by atoms with Gasteiger partial charge in [-0.25, -0.2) is 0 Å².